The standard InChI is InChI=1S/C13H16F2N2OS/c1-9(13(18)17-6-4-16-5-7-17)19-12-3-2-10(14)8-11(12)15/h2-3,8-9,16H,4-7H2,1H3. The van der Waals surface area contributed by atoms with E-state index in [2.05, 4.69) is 5.32 Å². The molecule has 0 spiro atoms. The van der Waals surface area contributed by atoms with Crippen molar-refractivity contribution in [2.45, 2.75) is 17.1 Å². The SMILES string of the molecule is CC(Sc1ccc(F)cc1F)C(=O)N1CCNCC1. The third kappa shape index (κ3) is 3.67. The van der Waals surface area contributed by atoms with Gasteiger partial charge in [-0.05, 0) is 19.1 Å². The van der Waals surface area contributed by atoms with Crippen molar-refractivity contribution in [3.05, 3.63) is 29.8 Å². The summed E-state index contributed by atoms with van der Waals surface area (Å²) in [6.45, 7) is 4.67. The van der Waals surface area contributed by atoms with Crippen LogP contribution < -0.4 is 5.32 Å². The maximum Gasteiger partial charge on any atom is 0.235 e. The van der Waals surface area contributed by atoms with Gasteiger partial charge in [0.15, 0.2) is 0 Å². The Balaban J connectivity index is 1.99. The van der Waals surface area contributed by atoms with E-state index in [1.807, 2.05) is 0 Å². The first kappa shape index (κ1) is 14.3. The number of thioether (sulfide) groups is 1. The highest BCUT2D eigenvalue weighted by Gasteiger charge is 2.23. The Labute approximate surface area is 115 Å². The number of hydrogen-bond acceptors (Lipinski definition) is 3. The van der Waals surface area contributed by atoms with E-state index in [1.54, 1.807) is 11.8 Å². The summed E-state index contributed by atoms with van der Waals surface area (Å²) < 4.78 is 26.3. The summed E-state index contributed by atoms with van der Waals surface area (Å²) in [7, 11) is 0. The lowest BCUT2D eigenvalue weighted by molar-refractivity contribution is -0.130. The molecule has 0 bridgehead atoms. The van der Waals surface area contributed by atoms with E-state index in [9.17, 15) is 13.6 Å². The minimum absolute atomic E-state index is 0.00442. The number of amides is 1. The third-order valence-electron chi connectivity index (χ3n) is 2.97. The first-order valence-electron chi connectivity index (χ1n) is 6.19. The van der Waals surface area contributed by atoms with Gasteiger partial charge in [-0.15, -0.1) is 11.8 Å². The molecule has 6 heteroatoms. The van der Waals surface area contributed by atoms with Gasteiger partial charge in [0.1, 0.15) is 11.6 Å². The van der Waals surface area contributed by atoms with E-state index in [0.717, 1.165) is 30.9 Å². The summed E-state index contributed by atoms with van der Waals surface area (Å²) in [6, 6.07) is 3.41. The van der Waals surface area contributed by atoms with Gasteiger partial charge in [-0.3, -0.25) is 4.79 Å². The van der Waals surface area contributed by atoms with Crippen LogP contribution in [0.3, 0.4) is 0 Å². The molecule has 1 fully saturated rings. The molecule has 104 valence electrons. The van der Waals surface area contributed by atoms with E-state index in [1.165, 1.54) is 12.1 Å². The number of carbonyl (C=O) groups is 1. The van der Waals surface area contributed by atoms with Gasteiger partial charge in [0.05, 0.1) is 5.25 Å². The topological polar surface area (TPSA) is 32.3 Å². The average Bonchev–Trinajstić information content (AvgIpc) is 2.42. The Morgan fingerprint density at radius 1 is 1.37 bits per heavy atom. The minimum atomic E-state index is -0.620. The van der Waals surface area contributed by atoms with Crippen LogP contribution in [0.5, 0.6) is 0 Å². The van der Waals surface area contributed by atoms with Gasteiger partial charge in [-0.25, -0.2) is 8.78 Å². The second kappa shape index (κ2) is 6.34. The molecule has 1 unspecified atom stereocenters. The van der Waals surface area contributed by atoms with Gasteiger partial charge in [-0.2, -0.15) is 0 Å². The summed E-state index contributed by atoms with van der Waals surface area (Å²) in [5.74, 6) is -1.23. The first-order chi connectivity index (χ1) is 9.08. The zero-order valence-electron chi connectivity index (χ0n) is 10.7. The molecular formula is C13H16F2N2OS. The zero-order chi connectivity index (χ0) is 13.8. The molecule has 1 saturated heterocycles. The van der Waals surface area contributed by atoms with Crippen LogP contribution in [0, 0.1) is 11.6 Å². The monoisotopic (exact) mass is 286 g/mol. The summed E-state index contributed by atoms with van der Waals surface area (Å²) in [5.41, 5.74) is 0. The van der Waals surface area contributed by atoms with E-state index in [4.69, 9.17) is 0 Å². The fraction of sp³-hybridized carbons (Fsp3) is 0.462. The van der Waals surface area contributed by atoms with Crippen LogP contribution in [-0.2, 0) is 4.79 Å². The molecule has 1 N–H and O–H groups in total. The molecule has 3 nitrogen and oxygen atoms in total. The molecule has 1 aliphatic rings. The highest BCUT2D eigenvalue weighted by atomic mass is 32.2. The molecule has 1 aromatic rings. The van der Waals surface area contributed by atoms with Gasteiger partial charge in [0.25, 0.3) is 0 Å². The Kier molecular flexibility index (Phi) is 4.76. The lowest BCUT2D eigenvalue weighted by atomic mass is 10.3. The number of nitrogens with zero attached hydrogens (tertiary/aromatic N) is 1. The number of nitrogens with one attached hydrogen (secondary N) is 1. The molecule has 1 amide bonds. The summed E-state index contributed by atoms with van der Waals surface area (Å²) in [4.78, 5) is 14.2. The molecular weight excluding hydrogens is 270 g/mol. The number of piperazine rings is 1. The fourth-order valence-corrected chi connectivity index (χ4v) is 2.90. The summed E-state index contributed by atoms with van der Waals surface area (Å²) in [5, 5.41) is 2.79. The van der Waals surface area contributed by atoms with E-state index < -0.39 is 11.6 Å². The number of hydrogen-bond donors (Lipinski definition) is 1. The molecule has 1 atom stereocenters. The van der Waals surface area contributed by atoms with E-state index >= 15 is 0 Å². The van der Waals surface area contributed by atoms with Crippen LogP contribution in [-0.4, -0.2) is 42.2 Å². The average molecular weight is 286 g/mol. The summed E-state index contributed by atoms with van der Waals surface area (Å²) >= 11 is 1.13. The fourth-order valence-electron chi connectivity index (χ4n) is 1.95. The quantitative estimate of drug-likeness (QED) is 0.861. The molecule has 0 radical (unpaired) electrons. The normalized spacial score (nSPS) is 17.3. The molecule has 0 saturated carbocycles. The smallest absolute Gasteiger partial charge is 0.235 e. The molecule has 0 aliphatic carbocycles. The lowest BCUT2D eigenvalue weighted by Gasteiger charge is -2.29. The van der Waals surface area contributed by atoms with Crippen LogP contribution >= 0.6 is 11.8 Å². The first-order valence-corrected chi connectivity index (χ1v) is 7.07. The predicted octanol–water partition coefficient (Wildman–Crippen LogP) is 1.88. The molecule has 1 heterocycles. The minimum Gasteiger partial charge on any atom is -0.339 e. The van der Waals surface area contributed by atoms with Crippen molar-refractivity contribution < 1.29 is 13.6 Å². The number of rotatable bonds is 3. The lowest BCUT2D eigenvalue weighted by Crippen LogP contribution is -2.48. The van der Waals surface area contributed by atoms with Crippen LogP contribution in [0.25, 0.3) is 0 Å². The highest BCUT2D eigenvalue weighted by Crippen LogP contribution is 2.27. The number of benzene rings is 1. The largest absolute Gasteiger partial charge is 0.339 e. The van der Waals surface area contributed by atoms with Gasteiger partial charge in [0, 0.05) is 37.1 Å². The van der Waals surface area contributed by atoms with Crippen LogP contribution in [0.4, 0.5) is 8.78 Å². The second-order valence-electron chi connectivity index (χ2n) is 4.41. The van der Waals surface area contributed by atoms with Gasteiger partial charge < -0.3 is 10.2 Å². The van der Waals surface area contributed by atoms with Crippen molar-refractivity contribution in [1.82, 2.24) is 10.2 Å². The zero-order valence-corrected chi connectivity index (χ0v) is 11.5. The maximum absolute atomic E-state index is 13.5. The Morgan fingerprint density at radius 2 is 2.05 bits per heavy atom. The van der Waals surface area contributed by atoms with Crippen LogP contribution in [0.2, 0.25) is 0 Å². The second-order valence-corrected chi connectivity index (χ2v) is 5.79. The third-order valence-corrected chi connectivity index (χ3v) is 4.11. The molecule has 1 aromatic carbocycles. The van der Waals surface area contributed by atoms with Crippen molar-refractivity contribution in [2.24, 2.45) is 0 Å². The van der Waals surface area contributed by atoms with Gasteiger partial charge in [-0.1, -0.05) is 0 Å². The molecule has 19 heavy (non-hydrogen) atoms. The molecule has 2 rings (SSSR count). The van der Waals surface area contributed by atoms with Crippen molar-refractivity contribution in [1.29, 1.82) is 0 Å². The van der Waals surface area contributed by atoms with Crippen molar-refractivity contribution in [2.75, 3.05) is 26.2 Å². The van der Waals surface area contributed by atoms with Crippen molar-refractivity contribution in [3.63, 3.8) is 0 Å². The van der Waals surface area contributed by atoms with Crippen molar-refractivity contribution in [3.8, 4) is 0 Å². The summed E-state index contributed by atoms with van der Waals surface area (Å²) in [6.07, 6.45) is 0. The number of halogens is 2. The molecule has 1 aliphatic heterocycles. The Bertz CT molecular complexity index is 464. The van der Waals surface area contributed by atoms with Crippen LogP contribution in [0.1, 0.15) is 6.92 Å². The van der Waals surface area contributed by atoms with E-state index in [-0.39, 0.29) is 11.2 Å². The maximum atomic E-state index is 13.5. The Hall–Kier alpha value is -1.14. The van der Waals surface area contributed by atoms with Crippen molar-refractivity contribution >= 4 is 17.7 Å². The number of carbonyl (C=O) groups excluding carboxylic acids is 1. The van der Waals surface area contributed by atoms with E-state index in [0.29, 0.717) is 18.0 Å². The van der Waals surface area contributed by atoms with Gasteiger partial charge in [0.2, 0.25) is 5.91 Å². The highest BCUT2D eigenvalue weighted by molar-refractivity contribution is 8.00. The van der Waals surface area contributed by atoms with Gasteiger partial charge >= 0.3 is 0 Å². The molecule has 0 aromatic heterocycles. The van der Waals surface area contributed by atoms with Crippen LogP contribution in [0.15, 0.2) is 23.1 Å². The predicted molar refractivity (Wildman–Crippen MR) is 71.1 cm³/mol. The Morgan fingerprint density at radius 3 is 2.68 bits per heavy atom.